The van der Waals surface area contributed by atoms with Crippen LogP contribution in [-0.2, 0) is 24.8 Å². The number of carbonyl (C=O) groups is 1. The number of rotatable bonds is 8. The number of hydrogen-bond donors (Lipinski definition) is 2. The predicted octanol–water partition coefficient (Wildman–Crippen LogP) is 2.61. The number of aryl methyl sites for hydroxylation is 1. The summed E-state index contributed by atoms with van der Waals surface area (Å²) < 4.78 is 56.8. The molecule has 0 saturated heterocycles. The van der Waals surface area contributed by atoms with Crippen molar-refractivity contribution in [2.75, 3.05) is 19.0 Å². The van der Waals surface area contributed by atoms with Gasteiger partial charge in [0.2, 0.25) is 26.0 Å². The molecule has 33 heavy (non-hydrogen) atoms. The first kappa shape index (κ1) is 25.2. The molecular formula is C22H29N3O6S2. The largest absolute Gasteiger partial charge is 0.495 e. The van der Waals surface area contributed by atoms with Crippen LogP contribution in [0.3, 0.4) is 0 Å². The van der Waals surface area contributed by atoms with Crippen molar-refractivity contribution in [2.45, 2.75) is 54.9 Å². The second-order valence-electron chi connectivity index (χ2n) is 8.11. The highest BCUT2D eigenvalue weighted by molar-refractivity contribution is 7.89. The zero-order valence-electron chi connectivity index (χ0n) is 18.7. The lowest BCUT2D eigenvalue weighted by Gasteiger charge is -2.33. The fourth-order valence-electron chi connectivity index (χ4n) is 3.96. The molecule has 0 spiro atoms. The molecule has 1 amide bonds. The van der Waals surface area contributed by atoms with Gasteiger partial charge in [-0.25, -0.2) is 22.0 Å². The summed E-state index contributed by atoms with van der Waals surface area (Å²) in [5, 5.41) is 7.74. The summed E-state index contributed by atoms with van der Waals surface area (Å²) in [6.07, 6.45) is 4.14. The summed E-state index contributed by atoms with van der Waals surface area (Å²) in [6, 6.07) is 9.98. The van der Waals surface area contributed by atoms with Crippen molar-refractivity contribution in [1.82, 2.24) is 4.31 Å². The first-order valence-electron chi connectivity index (χ1n) is 10.6. The Balaban J connectivity index is 1.88. The highest BCUT2D eigenvalue weighted by Gasteiger charge is 2.35. The molecule has 180 valence electrons. The molecule has 1 aliphatic carbocycles. The molecule has 0 aromatic heterocycles. The Kier molecular flexibility index (Phi) is 7.78. The van der Waals surface area contributed by atoms with Gasteiger partial charge in [0.25, 0.3) is 0 Å². The number of anilines is 1. The number of amides is 1. The van der Waals surface area contributed by atoms with Gasteiger partial charge in [-0.05, 0) is 61.7 Å². The molecule has 1 aliphatic rings. The molecule has 3 N–H and O–H groups in total. The average molecular weight is 496 g/mol. The Morgan fingerprint density at radius 3 is 2.27 bits per heavy atom. The lowest BCUT2D eigenvalue weighted by Crippen LogP contribution is -2.45. The van der Waals surface area contributed by atoms with Crippen LogP contribution < -0.4 is 15.2 Å². The Bertz CT molecular complexity index is 1210. The number of primary sulfonamides is 1. The number of nitrogens with one attached hydrogen (secondary N) is 1. The van der Waals surface area contributed by atoms with E-state index in [9.17, 15) is 21.6 Å². The Labute approximate surface area is 195 Å². The molecule has 1 saturated carbocycles. The van der Waals surface area contributed by atoms with Crippen LogP contribution in [0.2, 0.25) is 0 Å². The van der Waals surface area contributed by atoms with Crippen LogP contribution in [0.1, 0.15) is 37.7 Å². The van der Waals surface area contributed by atoms with E-state index < -0.39 is 26.0 Å². The monoisotopic (exact) mass is 495 g/mol. The van der Waals surface area contributed by atoms with Gasteiger partial charge in [0.15, 0.2) is 0 Å². The minimum absolute atomic E-state index is 0.0286. The fraction of sp³-hybridized carbons (Fsp3) is 0.409. The van der Waals surface area contributed by atoms with Crippen LogP contribution in [0.4, 0.5) is 5.69 Å². The molecule has 0 bridgehead atoms. The van der Waals surface area contributed by atoms with Gasteiger partial charge in [0.1, 0.15) is 10.6 Å². The van der Waals surface area contributed by atoms with Crippen LogP contribution in [0.15, 0.2) is 52.3 Å². The van der Waals surface area contributed by atoms with Gasteiger partial charge in [-0.15, -0.1) is 0 Å². The van der Waals surface area contributed by atoms with E-state index in [1.165, 1.54) is 35.7 Å². The van der Waals surface area contributed by atoms with Crippen molar-refractivity contribution in [1.29, 1.82) is 0 Å². The van der Waals surface area contributed by atoms with E-state index >= 15 is 0 Å². The quantitative estimate of drug-likeness (QED) is 0.578. The molecule has 9 nitrogen and oxygen atoms in total. The third-order valence-corrected chi connectivity index (χ3v) is 8.50. The number of carbonyl (C=O) groups excluding carboxylic acids is 1. The first-order valence-corrected chi connectivity index (χ1v) is 13.6. The van der Waals surface area contributed by atoms with E-state index in [-0.39, 0.29) is 28.1 Å². The molecule has 0 radical (unpaired) electrons. The highest BCUT2D eigenvalue weighted by Crippen LogP contribution is 2.32. The van der Waals surface area contributed by atoms with Crippen molar-refractivity contribution in [2.24, 2.45) is 5.14 Å². The van der Waals surface area contributed by atoms with Crippen molar-refractivity contribution in [3.8, 4) is 5.75 Å². The van der Waals surface area contributed by atoms with Crippen LogP contribution in [-0.4, -0.2) is 46.7 Å². The SMILES string of the molecule is COc1ccc(C)cc1S(=O)(=O)N(CC(=O)Nc1ccc(S(N)(=O)=O)cc1)C1CCCCC1. The van der Waals surface area contributed by atoms with Crippen LogP contribution >= 0.6 is 0 Å². The lowest BCUT2D eigenvalue weighted by molar-refractivity contribution is -0.116. The van der Waals surface area contributed by atoms with Crippen LogP contribution in [0.25, 0.3) is 0 Å². The standard InChI is InChI=1S/C22H29N3O6S2/c1-16-8-13-20(31-2)21(14-16)33(29,30)25(18-6-4-3-5-7-18)15-22(26)24-17-9-11-19(12-10-17)32(23,27)28/h8-14,18H,3-7,15H2,1-2H3,(H,24,26)(H2,23,27,28). The average Bonchev–Trinajstić information content (AvgIpc) is 2.77. The van der Waals surface area contributed by atoms with Gasteiger partial charge in [0.05, 0.1) is 18.6 Å². The van der Waals surface area contributed by atoms with Crippen molar-refractivity contribution in [3.05, 3.63) is 48.0 Å². The third kappa shape index (κ3) is 6.11. The first-order chi connectivity index (χ1) is 15.5. The zero-order chi connectivity index (χ0) is 24.2. The number of nitrogens with zero attached hydrogens (tertiary/aromatic N) is 1. The maximum atomic E-state index is 13.7. The Hall–Kier alpha value is -2.47. The maximum Gasteiger partial charge on any atom is 0.247 e. The van der Waals surface area contributed by atoms with E-state index in [4.69, 9.17) is 9.88 Å². The summed E-state index contributed by atoms with van der Waals surface area (Å²) in [5.74, 6) is -0.306. The highest BCUT2D eigenvalue weighted by atomic mass is 32.2. The third-order valence-electron chi connectivity index (χ3n) is 5.65. The summed E-state index contributed by atoms with van der Waals surface area (Å²) in [6.45, 7) is 1.42. The number of methoxy groups -OCH3 is 1. The summed E-state index contributed by atoms with van der Waals surface area (Å²) in [5.41, 5.74) is 1.10. The Morgan fingerprint density at radius 1 is 1.06 bits per heavy atom. The van der Waals surface area contributed by atoms with Crippen molar-refractivity contribution < 1.29 is 26.4 Å². The van der Waals surface area contributed by atoms with E-state index in [1.807, 2.05) is 0 Å². The second-order valence-corrected chi connectivity index (χ2v) is 11.5. The number of ether oxygens (including phenoxy) is 1. The molecule has 0 aliphatic heterocycles. The predicted molar refractivity (Wildman–Crippen MR) is 125 cm³/mol. The number of sulfonamides is 2. The van der Waals surface area contributed by atoms with E-state index in [0.29, 0.717) is 18.5 Å². The smallest absolute Gasteiger partial charge is 0.247 e. The molecule has 1 fully saturated rings. The Morgan fingerprint density at radius 2 is 1.70 bits per heavy atom. The lowest BCUT2D eigenvalue weighted by atomic mass is 9.95. The molecule has 3 rings (SSSR count). The second kappa shape index (κ2) is 10.2. The van der Waals surface area contributed by atoms with E-state index in [1.54, 1.807) is 25.1 Å². The van der Waals surface area contributed by atoms with Crippen molar-refractivity contribution >= 4 is 31.6 Å². The minimum atomic E-state index is -4.03. The van der Waals surface area contributed by atoms with Gasteiger partial charge in [-0.3, -0.25) is 4.79 Å². The van der Waals surface area contributed by atoms with E-state index in [0.717, 1.165) is 24.8 Å². The maximum absolute atomic E-state index is 13.7. The fourth-order valence-corrected chi connectivity index (χ4v) is 6.36. The number of nitrogens with two attached hydrogens (primary N) is 1. The van der Waals surface area contributed by atoms with Crippen molar-refractivity contribution in [3.63, 3.8) is 0 Å². The van der Waals surface area contributed by atoms with E-state index in [2.05, 4.69) is 5.32 Å². The number of hydrogen-bond acceptors (Lipinski definition) is 6. The molecule has 0 unspecified atom stereocenters. The summed E-state index contributed by atoms with van der Waals surface area (Å²) in [7, 11) is -6.47. The van der Waals surface area contributed by atoms with Gasteiger partial charge >= 0.3 is 0 Å². The normalized spacial score (nSPS) is 15.4. The van der Waals surface area contributed by atoms with Gasteiger partial charge < -0.3 is 10.1 Å². The summed E-state index contributed by atoms with van der Waals surface area (Å²) >= 11 is 0. The van der Waals surface area contributed by atoms with Gasteiger partial charge in [-0.2, -0.15) is 4.31 Å². The molecule has 0 heterocycles. The van der Waals surface area contributed by atoms with Crippen LogP contribution in [0, 0.1) is 6.92 Å². The molecule has 11 heteroatoms. The zero-order valence-corrected chi connectivity index (χ0v) is 20.3. The molecular weight excluding hydrogens is 466 g/mol. The number of benzene rings is 2. The van der Waals surface area contributed by atoms with Crippen LogP contribution in [0.5, 0.6) is 5.75 Å². The topological polar surface area (TPSA) is 136 Å². The molecule has 0 atom stereocenters. The minimum Gasteiger partial charge on any atom is -0.495 e. The molecule has 2 aromatic carbocycles. The van der Waals surface area contributed by atoms with Gasteiger partial charge in [0, 0.05) is 11.7 Å². The molecule has 2 aromatic rings. The van der Waals surface area contributed by atoms with Gasteiger partial charge in [-0.1, -0.05) is 25.3 Å². The summed E-state index contributed by atoms with van der Waals surface area (Å²) in [4.78, 5) is 12.8.